The van der Waals surface area contributed by atoms with Gasteiger partial charge < -0.3 is 10.1 Å². The molecule has 0 spiro atoms. The summed E-state index contributed by atoms with van der Waals surface area (Å²) >= 11 is 0. The fraction of sp³-hybridized carbons (Fsp3) is 0.429. The fourth-order valence-corrected chi connectivity index (χ4v) is 0.719. The molecule has 4 nitrogen and oxygen atoms in total. The number of allylic oxidation sites excluding steroid dienone is 1. The van der Waals surface area contributed by atoms with E-state index in [1.54, 1.807) is 25.4 Å². The number of hydrogen-bond donors (Lipinski definition) is 1. The van der Waals surface area contributed by atoms with Crippen molar-refractivity contribution in [2.24, 2.45) is 4.99 Å². The van der Waals surface area contributed by atoms with Crippen LogP contribution in [0, 0.1) is 0 Å². The van der Waals surface area contributed by atoms with E-state index in [4.69, 9.17) is 4.74 Å². The minimum atomic E-state index is -0.556. The summed E-state index contributed by atoms with van der Waals surface area (Å²) in [4.78, 5) is 14.8. The molecule has 1 aliphatic heterocycles. The number of carbonyl (C=O) groups excluding carboxylic acids is 1. The van der Waals surface area contributed by atoms with Gasteiger partial charge in [0.2, 0.25) is 6.17 Å². The van der Waals surface area contributed by atoms with E-state index < -0.39 is 6.17 Å². The molecular weight excluding hydrogens is 144 g/mol. The van der Waals surface area contributed by atoms with Crippen molar-refractivity contribution in [1.82, 2.24) is 5.32 Å². The van der Waals surface area contributed by atoms with Crippen LogP contribution in [0.25, 0.3) is 0 Å². The number of ether oxygens (including phenoxy) is 1. The van der Waals surface area contributed by atoms with Crippen LogP contribution in [0.2, 0.25) is 0 Å². The maximum Gasteiger partial charge on any atom is 0.351 e. The lowest BCUT2D eigenvalue weighted by Gasteiger charge is -2.12. The van der Waals surface area contributed by atoms with Crippen molar-refractivity contribution in [3.63, 3.8) is 0 Å². The molecule has 1 aliphatic rings. The zero-order chi connectivity index (χ0) is 8.10. The fourth-order valence-electron chi connectivity index (χ4n) is 0.719. The number of nitrogens with one attached hydrogen (secondary N) is 1. The molecule has 0 aromatic heterocycles. The highest BCUT2D eigenvalue weighted by atomic mass is 16.5. The predicted molar refractivity (Wildman–Crippen MR) is 41.2 cm³/mol. The van der Waals surface area contributed by atoms with Gasteiger partial charge in [-0.3, -0.25) is 4.99 Å². The van der Waals surface area contributed by atoms with Crippen LogP contribution in [0.4, 0.5) is 0 Å². The normalized spacial score (nSPS) is 21.0. The molecule has 0 radical (unpaired) electrons. The molecule has 0 fully saturated rings. The lowest BCUT2D eigenvalue weighted by Crippen LogP contribution is -2.34. The molecule has 0 aromatic carbocycles. The summed E-state index contributed by atoms with van der Waals surface area (Å²) in [5.74, 6) is -0.340. The first-order valence-corrected chi connectivity index (χ1v) is 3.45. The number of nitrogens with zero attached hydrogens (tertiary/aromatic N) is 1. The van der Waals surface area contributed by atoms with E-state index in [0.717, 1.165) is 0 Å². The number of carbonyl (C=O) groups is 1. The van der Waals surface area contributed by atoms with Crippen molar-refractivity contribution < 1.29 is 9.53 Å². The van der Waals surface area contributed by atoms with Crippen LogP contribution in [-0.2, 0) is 9.53 Å². The molecule has 4 heteroatoms. The summed E-state index contributed by atoms with van der Waals surface area (Å²) in [5.41, 5.74) is 0. The molecule has 0 bridgehead atoms. The Morgan fingerprint density at radius 1 is 1.82 bits per heavy atom. The van der Waals surface area contributed by atoms with Gasteiger partial charge in [-0.25, -0.2) is 4.79 Å². The number of esters is 1. The first-order chi connectivity index (χ1) is 5.34. The summed E-state index contributed by atoms with van der Waals surface area (Å²) in [6.07, 6.45) is 4.39. The molecule has 1 unspecified atom stereocenters. The third-order valence-electron chi connectivity index (χ3n) is 1.18. The minimum Gasteiger partial charge on any atom is -0.463 e. The van der Waals surface area contributed by atoms with Gasteiger partial charge in [-0.2, -0.15) is 0 Å². The highest BCUT2D eigenvalue weighted by Crippen LogP contribution is 1.93. The Labute approximate surface area is 65.0 Å². The molecule has 1 heterocycles. The van der Waals surface area contributed by atoms with E-state index in [2.05, 4.69) is 10.3 Å². The van der Waals surface area contributed by atoms with Crippen molar-refractivity contribution in [2.75, 3.05) is 6.61 Å². The van der Waals surface area contributed by atoms with Gasteiger partial charge in [0.15, 0.2) is 0 Å². The summed E-state index contributed by atoms with van der Waals surface area (Å²) in [7, 11) is 0. The third-order valence-corrected chi connectivity index (χ3v) is 1.18. The minimum absolute atomic E-state index is 0.340. The van der Waals surface area contributed by atoms with Gasteiger partial charge >= 0.3 is 5.97 Å². The second-order valence-corrected chi connectivity index (χ2v) is 1.98. The van der Waals surface area contributed by atoms with Gasteiger partial charge in [0.1, 0.15) is 0 Å². The van der Waals surface area contributed by atoms with Crippen LogP contribution in [0.15, 0.2) is 17.3 Å². The SMILES string of the molecule is CCOC(=O)C1N=CC=CN1. The Hall–Kier alpha value is -1.32. The molecule has 0 saturated carbocycles. The van der Waals surface area contributed by atoms with Gasteiger partial charge in [-0.05, 0) is 13.0 Å². The van der Waals surface area contributed by atoms with E-state index in [1.807, 2.05) is 0 Å². The van der Waals surface area contributed by atoms with Gasteiger partial charge in [0, 0.05) is 12.4 Å². The average molecular weight is 154 g/mol. The van der Waals surface area contributed by atoms with Crippen LogP contribution in [0.1, 0.15) is 6.92 Å². The lowest BCUT2D eigenvalue weighted by molar-refractivity contribution is -0.145. The van der Waals surface area contributed by atoms with E-state index in [9.17, 15) is 4.79 Å². The number of hydrogen-bond acceptors (Lipinski definition) is 4. The maximum absolute atomic E-state index is 11.0. The molecule has 0 aromatic rings. The van der Waals surface area contributed by atoms with Gasteiger partial charge in [0.25, 0.3) is 0 Å². The Morgan fingerprint density at radius 3 is 3.18 bits per heavy atom. The van der Waals surface area contributed by atoms with Crippen molar-refractivity contribution in [3.05, 3.63) is 12.3 Å². The molecule has 0 amide bonds. The standard InChI is InChI=1S/C7H10N2O2/c1-2-11-7(10)6-8-4-3-5-9-6/h3-6,8H,2H2,1H3. The van der Waals surface area contributed by atoms with E-state index in [-0.39, 0.29) is 5.97 Å². The third kappa shape index (κ3) is 2.07. The first-order valence-electron chi connectivity index (χ1n) is 3.45. The average Bonchev–Trinajstić information content (AvgIpc) is 2.07. The smallest absolute Gasteiger partial charge is 0.351 e. The molecule has 1 rings (SSSR count). The molecule has 60 valence electrons. The molecule has 11 heavy (non-hydrogen) atoms. The Balaban J connectivity index is 2.42. The summed E-state index contributed by atoms with van der Waals surface area (Å²) in [6.45, 7) is 2.15. The van der Waals surface area contributed by atoms with Crippen molar-refractivity contribution in [3.8, 4) is 0 Å². The summed E-state index contributed by atoms with van der Waals surface area (Å²) in [6, 6.07) is 0. The Morgan fingerprint density at radius 2 is 2.64 bits per heavy atom. The maximum atomic E-state index is 11.0. The van der Waals surface area contributed by atoms with Crippen LogP contribution in [0.3, 0.4) is 0 Å². The van der Waals surface area contributed by atoms with Crippen molar-refractivity contribution in [1.29, 1.82) is 0 Å². The van der Waals surface area contributed by atoms with Crippen LogP contribution in [-0.4, -0.2) is 25.0 Å². The molecule has 0 saturated heterocycles. The first kappa shape index (κ1) is 7.78. The quantitative estimate of drug-likeness (QED) is 0.572. The summed E-state index contributed by atoms with van der Waals surface area (Å²) < 4.78 is 4.73. The Bertz CT molecular complexity index is 199. The van der Waals surface area contributed by atoms with E-state index in [1.165, 1.54) is 0 Å². The molecular formula is C7H10N2O2. The molecule has 1 atom stereocenters. The van der Waals surface area contributed by atoms with Crippen molar-refractivity contribution >= 4 is 12.2 Å². The highest BCUT2D eigenvalue weighted by molar-refractivity contribution is 5.81. The van der Waals surface area contributed by atoms with Gasteiger partial charge in [-0.15, -0.1) is 0 Å². The van der Waals surface area contributed by atoms with Crippen LogP contribution >= 0.6 is 0 Å². The second kappa shape index (κ2) is 3.75. The van der Waals surface area contributed by atoms with Gasteiger partial charge in [-0.1, -0.05) is 0 Å². The highest BCUT2D eigenvalue weighted by Gasteiger charge is 2.16. The topological polar surface area (TPSA) is 50.7 Å². The lowest BCUT2D eigenvalue weighted by atomic mass is 10.4. The molecule has 0 aliphatic carbocycles. The zero-order valence-electron chi connectivity index (χ0n) is 6.28. The van der Waals surface area contributed by atoms with Crippen molar-refractivity contribution in [2.45, 2.75) is 13.1 Å². The van der Waals surface area contributed by atoms with E-state index in [0.29, 0.717) is 6.61 Å². The Kier molecular flexibility index (Phi) is 2.66. The molecule has 1 N–H and O–H groups in total. The largest absolute Gasteiger partial charge is 0.463 e. The number of rotatable bonds is 2. The van der Waals surface area contributed by atoms with Crippen LogP contribution in [0.5, 0.6) is 0 Å². The van der Waals surface area contributed by atoms with E-state index >= 15 is 0 Å². The van der Waals surface area contributed by atoms with Gasteiger partial charge in [0.05, 0.1) is 6.61 Å². The van der Waals surface area contributed by atoms with Crippen LogP contribution < -0.4 is 5.32 Å². The predicted octanol–water partition coefficient (Wildman–Crippen LogP) is 0.0633. The monoisotopic (exact) mass is 154 g/mol. The number of aliphatic imine (C=N–C) groups is 1. The zero-order valence-corrected chi connectivity index (χ0v) is 6.28. The second-order valence-electron chi connectivity index (χ2n) is 1.98. The summed E-state index contributed by atoms with van der Waals surface area (Å²) in [5, 5.41) is 2.75.